The third-order valence-electron chi connectivity index (χ3n) is 3.66. The van der Waals surface area contributed by atoms with Gasteiger partial charge in [0.2, 0.25) is 5.91 Å². The number of hydrogen-bond acceptors (Lipinski definition) is 2. The second-order valence-electron chi connectivity index (χ2n) is 5.36. The van der Waals surface area contributed by atoms with Crippen LogP contribution in [0.4, 0.5) is 0 Å². The second-order valence-corrected chi connectivity index (χ2v) is 5.36. The van der Waals surface area contributed by atoms with Gasteiger partial charge < -0.3 is 10.2 Å². The SMILES string of the molecule is CC(=O)N(CCNC(=O)c1ccccc1)CCc1ccccc1. The Balaban J connectivity index is 1.78. The molecule has 4 heteroatoms. The van der Waals surface area contributed by atoms with Crippen molar-refractivity contribution in [2.45, 2.75) is 13.3 Å². The number of amides is 2. The largest absolute Gasteiger partial charge is 0.350 e. The highest BCUT2D eigenvalue weighted by atomic mass is 16.2. The Hall–Kier alpha value is -2.62. The summed E-state index contributed by atoms with van der Waals surface area (Å²) in [6, 6.07) is 19.1. The number of benzene rings is 2. The quantitative estimate of drug-likeness (QED) is 0.854. The van der Waals surface area contributed by atoms with E-state index >= 15 is 0 Å². The number of carbonyl (C=O) groups is 2. The van der Waals surface area contributed by atoms with Crippen LogP contribution in [0.5, 0.6) is 0 Å². The molecule has 0 aromatic heterocycles. The maximum atomic E-state index is 12.0. The molecule has 0 fully saturated rings. The fourth-order valence-corrected chi connectivity index (χ4v) is 2.33. The zero-order valence-electron chi connectivity index (χ0n) is 13.4. The van der Waals surface area contributed by atoms with E-state index < -0.39 is 0 Å². The van der Waals surface area contributed by atoms with Crippen molar-refractivity contribution in [3.63, 3.8) is 0 Å². The highest BCUT2D eigenvalue weighted by Crippen LogP contribution is 2.02. The molecular formula is C19H22N2O2. The summed E-state index contributed by atoms with van der Waals surface area (Å²) in [6.07, 6.45) is 0.813. The van der Waals surface area contributed by atoms with Crippen molar-refractivity contribution in [3.05, 3.63) is 71.8 Å². The van der Waals surface area contributed by atoms with Crippen molar-refractivity contribution in [2.24, 2.45) is 0 Å². The molecule has 0 atom stereocenters. The van der Waals surface area contributed by atoms with E-state index in [1.165, 1.54) is 5.56 Å². The molecular weight excluding hydrogens is 288 g/mol. The van der Waals surface area contributed by atoms with Gasteiger partial charge in [-0.05, 0) is 24.1 Å². The Bertz CT molecular complexity index is 626. The van der Waals surface area contributed by atoms with Crippen molar-refractivity contribution >= 4 is 11.8 Å². The fourth-order valence-electron chi connectivity index (χ4n) is 2.33. The summed E-state index contributed by atoms with van der Waals surface area (Å²) in [6.45, 7) is 3.17. The third-order valence-corrected chi connectivity index (χ3v) is 3.66. The standard InChI is InChI=1S/C19H22N2O2/c1-16(22)21(14-12-17-8-4-2-5-9-17)15-13-20-19(23)18-10-6-3-7-11-18/h2-11H,12-15H2,1H3,(H,20,23). The predicted octanol–water partition coefficient (Wildman–Crippen LogP) is 2.51. The van der Waals surface area contributed by atoms with Gasteiger partial charge in [0.1, 0.15) is 0 Å². The monoisotopic (exact) mass is 310 g/mol. The van der Waals surface area contributed by atoms with E-state index in [4.69, 9.17) is 0 Å². The van der Waals surface area contributed by atoms with Crippen LogP contribution in [0.2, 0.25) is 0 Å². The molecule has 0 bridgehead atoms. The van der Waals surface area contributed by atoms with Gasteiger partial charge in [-0.15, -0.1) is 0 Å². The Morgan fingerprint density at radius 2 is 1.52 bits per heavy atom. The van der Waals surface area contributed by atoms with E-state index in [9.17, 15) is 9.59 Å². The van der Waals surface area contributed by atoms with Crippen LogP contribution in [-0.2, 0) is 11.2 Å². The number of nitrogens with zero attached hydrogens (tertiary/aromatic N) is 1. The first-order valence-electron chi connectivity index (χ1n) is 7.79. The van der Waals surface area contributed by atoms with Crippen molar-refractivity contribution in [1.29, 1.82) is 0 Å². The average Bonchev–Trinajstić information content (AvgIpc) is 2.59. The molecule has 0 radical (unpaired) electrons. The van der Waals surface area contributed by atoms with Gasteiger partial charge in [0, 0.05) is 32.1 Å². The second kappa shape index (κ2) is 8.73. The Morgan fingerprint density at radius 1 is 0.913 bits per heavy atom. The van der Waals surface area contributed by atoms with E-state index in [-0.39, 0.29) is 11.8 Å². The van der Waals surface area contributed by atoms with Crippen LogP contribution in [0.15, 0.2) is 60.7 Å². The van der Waals surface area contributed by atoms with E-state index in [0.717, 1.165) is 6.42 Å². The lowest BCUT2D eigenvalue weighted by Crippen LogP contribution is -2.38. The first-order chi connectivity index (χ1) is 11.2. The zero-order chi connectivity index (χ0) is 16.5. The molecule has 23 heavy (non-hydrogen) atoms. The molecule has 0 heterocycles. The lowest BCUT2D eigenvalue weighted by atomic mass is 10.1. The molecule has 0 saturated heterocycles. The molecule has 120 valence electrons. The van der Waals surface area contributed by atoms with Gasteiger partial charge in [0.25, 0.3) is 5.91 Å². The molecule has 0 spiro atoms. The average molecular weight is 310 g/mol. The highest BCUT2D eigenvalue weighted by Gasteiger charge is 2.10. The molecule has 0 aliphatic carbocycles. The van der Waals surface area contributed by atoms with Crippen LogP contribution in [0.3, 0.4) is 0 Å². The topological polar surface area (TPSA) is 49.4 Å². The maximum Gasteiger partial charge on any atom is 0.251 e. The normalized spacial score (nSPS) is 10.1. The van der Waals surface area contributed by atoms with Crippen LogP contribution >= 0.6 is 0 Å². The van der Waals surface area contributed by atoms with E-state index in [1.807, 2.05) is 36.4 Å². The summed E-state index contributed by atoms with van der Waals surface area (Å²) in [4.78, 5) is 25.4. The minimum atomic E-state index is -0.114. The summed E-state index contributed by atoms with van der Waals surface area (Å²) in [5.74, 6) is -0.0907. The van der Waals surface area contributed by atoms with Crippen LogP contribution in [0, 0.1) is 0 Å². The fraction of sp³-hybridized carbons (Fsp3) is 0.263. The number of carbonyl (C=O) groups excluding carboxylic acids is 2. The smallest absolute Gasteiger partial charge is 0.251 e. The highest BCUT2D eigenvalue weighted by molar-refractivity contribution is 5.94. The predicted molar refractivity (Wildman–Crippen MR) is 91.2 cm³/mol. The van der Waals surface area contributed by atoms with Crippen LogP contribution in [0.1, 0.15) is 22.8 Å². The van der Waals surface area contributed by atoms with Gasteiger partial charge in [-0.25, -0.2) is 0 Å². The van der Waals surface area contributed by atoms with Gasteiger partial charge >= 0.3 is 0 Å². The Morgan fingerprint density at radius 3 is 2.13 bits per heavy atom. The van der Waals surface area contributed by atoms with E-state index in [1.54, 1.807) is 24.0 Å². The van der Waals surface area contributed by atoms with Crippen molar-refractivity contribution in [1.82, 2.24) is 10.2 Å². The number of nitrogens with one attached hydrogen (secondary N) is 1. The summed E-state index contributed by atoms with van der Waals surface area (Å²) in [5.41, 5.74) is 1.83. The minimum Gasteiger partial charge on any atom is -0.350 e. The summed E-state index contributed by atoms with van der Waals surface area (Å²) >= 11 is 0. The van der Waals surface area contributed by atoms with Gasteiger partial charge in [0.15, 0.2) is 0 Å². The molecule has 2 aromatic rings. The van der Waals surface area contributed by atoms with Gasteiger partial charge in [-0.3, -0.25) is 9.59 Å². The lowest BCUT2D eigenvalue weighted by Gasteiger charge is -2.21. The lowest BCUT2D eigenvalue weighted by molar-refractivity contribution is -0.128. The van der Waals surface area contributed by atoms with Crippen molar-refractivity contribution < 1.29 is 9.59 Å². The molecule has 0 aliphatic rings. The van der Waals surface area contributed by atoms with E-state index in [2.05, 4.69) is 17.4 Å². The van der Waals surface area contributed by atoms with Gasteiger partial charge in [0.05, 0.1) is 0 Å². The molecule has 0 aliphatic heterocycles. The van der Waals surface area contributed by atoms with E-state index in [0.29, 0.717) is 25.2 Å². The van der Waals surface area contributed by atoms with Crippen molar-refractivity contribution in [2.75, 3.05) is 19.6 Å². The van der Waals surface area contributed by atoms with Crippen LogP contribution in [-0.4, -0.2) is 36.3 Å². The summed E-state index contributed by atoms with van der Waals surface area (Å²) in [5, 5.41) is 2.85. The Labute approximate surface area is 137 Å². The molecule has 0 saturated carbocycles. The number of hydrogen-bond donors (Lipinski definition) is 1. The van der Waals surface area contributed by atoms with Crippen LogP contribution < -0.4 is 5.32 Å². The molecule has 4 nitrogen and oxygen atoms in total. The molecule has 2 amide bonds. The number of rotatable bonds is 7. The minimum absolute atomic E-state index is 0.0230. The maximum absolute atomic E-state index is 12.0. The first kappa shape index (κ1) is 16.7. The van der Waals surface area contributed by atoms with Gasteiger partial charge in [-0.2, -0.15) is 0 Å². The molecule has 2 aromatic carbocycles. The summed E-state index contributed by atoms with van der Waals surface area (Å²) < 4.78 is 0. The Kier molecular flexibility index (Phi) is 6.36. The molecule has 1 N–H and O–H groups in total. The van der Waals surface area contributed by atoms with Gasteiger partial charge in [-0.1, -0.05) is 48.5 Å². The molecule has 0 unspecified atom stereocenters. The zero-order valence-corrected chi connectivity index (χ0v) is 13.4. The van der Waals surface area contributed by atoms with Crippen molar-refractivity contribution in [3.8, 4) is 0 Å². The molecule has 2 rings (SSSR count). The first-order valence-corrected chi connectivity index (χ1v) is 7.79. The van der Waals surface area contributed by atoms with Crippen LogP contribution in [0.25, 0.3) is 0 Å². The summed E-state index contributed by atoms with van der Waals surface area (Å²) in [7, 11) is 0. The third kappa shape index (κ3) is 5.58.